The molecule has 100 valence electrons. The first-order valence-electron chi connectivity index (χ1n) is 6.32. The van der Waals surface area contributed by atoms with Crippen LogP contribution < -0.4 is 10.1 Å². The van der Waals surface area contributed by atoms with E-state index in [-0.39, 0.29) is 0 Å². The third-order valence-corrected chi connectivity index (χ3v) is 2.92. The predicted octanol–water partition coefficient (Wildman–Crippen LogP) is 2.73. The lowest BCUT2D eigenvalue weighted by molar-refractivity contribution is 0.414. The van der Waals surface area contributed by atoms with E-state index in [1.54, 1.807) is 13.3 Å². The fraction of sp³-hybridized carbons (Fsp3) is 0.267. The second-order valence-electron chi connectivity index (χ2n) is 4.21. The van der Waals surface area contributed by atoms with Gasteiger partial charge in [-0.05, 0) is 24.1 Å². The van der Waals surface area contributed by atoms with Crippen LogP contribution in [-0.4, -0.2) is 23.2 Å². The van der Waals surface area contributed by atoms with Crippen molar-refractivity contribution >= 4 is 5.95 Å². The van der Waals surface area contributed by atoms with Crippen LogP contribution in [0.15, 0.2) is 49.3 Å². The zero-order valence-corrected chi connectivity index (χ0v) is 11.2. The molecule has 0 aliphatic carbocycles. The summed E-state index contributed by atoms with van der Waals surface area (Å²) >= 11 is 0. The van der Waals surface area contributed by atoms with Gasteiger partial charge >= 0.3 is 0 Å². The number of hydrogen-bond acceptors (Lipinski definition) is 3. The molecule has 0 aliphatic rings. The lowest BCUT2D eigenvalue weighted by Crippen LogP contribution is -2.08. The molecule has 1 heterocycles. The zero-order chi connectivity index (χ0) is 13.5. The highest BCUT2D eigenvalue weighted by Crippen LogP contribution is 2.13. The number of nitrogens with one attached hydrogen (secondary N) is 1. The summed E-state index contributed by atoms with van der Waals surface area (Å²) in [5.41, 5.74) is 1.28. The Morgan fingerprint density at radius 1 is 1.37 bits per heavy atom. The number of hydrogen-bond donors (Lipinski definition) is 1. The first-order valence-corrected chi connectivity index (χ1v) is 6.32. The van der Waals surface area contributed by atoms with Crippen molar-refractivity contribution < 1.29 is 4.74 Å². The van der Waals surface area contributed by atoms with Crippen molar-refractivity contribution in [1.82, 2.24) is 9.55 Å². The maximum atomic E-state index is 5.15. The molecule has 0 fully saturated rings. The van der Waals surface area contributed by atoms with Gasteiger partial charge < -0.3 is 14.6 Å². The minimum Gasteiger partial charge on any atom is -0.497 e. The monoisotopic (exact) mass is 257 g/mol. The molecule has 0 saturated carbocycles. The normalized spacial score (nSPS) is 10.2. The van der Waals surface area contributed by atoms with Crippen molar-refractivity contribution in [1.29, 1.82) is 0 Å². The molecule has 4 heteroatoms. The molecule has 1 aromatic heterocycles. The maximum absolute atomic E-state index is 5.15. The Morgan fingerprint density at radius 3 is 2.84 bits per heavy atom. The quantitative estimate of drug-likeness (QED) is 0.775. The summed E-state index contributed by atoms with van der Waals surface area (Å²) in [4.78, 5) is 4.28. The van der Waals surface area contributed by atoms with Gasteiger partial charge in [0.15, 0.2) is 0 Å². The average molecular weight is 257 g/mol. The average Bonchev–Trinajstić information content (AvgIpc) is 2.91. The van der Waals surface area contributed by atoms with Gasteiger partial charge in [0.2, 0.25) is 5.95 Å². The molecule has 1 N–H and O–H groups in total. The van der Waals surface area contributed by atoms with Gasteiger partial charge in [0.05, 0.1) is 7.11 Å². The van der Waals surface area contributed by atoms with Crippen molar-refractivity contribution in [2.24, 2.45) is 0 Å². The number of rotatable bonds is 7. The van der Waals surface area contributed by atoms with Gasteiger partial charge in [0.25, 0.3) is 0 Å². The summed E-state index contributed by atoms with van der Waals surface area (Å²) in [7, 11) is 1.68. The fourth-order valence-corrected chi connectivity index (χ4v) is 1.86. The van der Waals surface area contributed by atoms with E-state index in [9.17, 15) is 0 Å². The van der Waals surface area contributed by atoms with Gasteiger partial charge in [0.1, 0.15) is 5.75 Å². The summed E-state index contributed by atoms with van der Waals surface area (Å²) in [5, 5.41) is 3.21. The lowest BCUT2D eigenvalue weighted by atomic mass is 10.1. The Morgan fingerprint density at radius 2 is 2.16 bits per heavy atom. The standard InChI is InChI=1S/C15H19N3O/c1-3-9-16-15-17-10-12-18(15)11-8-13-4-6-14(19-2)7-5-13/h3-7,10,12H,1,8-9,11H2,2H3,(H,16,17). The molecule has 0 aliphatic heterocycles. The van der Waals surface area contributed by atoms with Crippen molar-refractivity contribution in [3.05, 3.63) is 54.9 Å². The van der Waals surface area contributed by atoms with E-state index in [0.29, 0.717) is 0 Å². The molecule has 0 saturated heterocycles. The Bertz CT molecular complexity index is 516. The van der Waals surface area contributed by atoms with Crippen LogP contribution in [0.5, 0.6) is 5.75 Å². The predicted molar refractivity (Wildman–Crippen MR) is 77.6 cm³/mol. The summed E-state index contributed by atoms with van der Waals surface area (Å²) in [6.07, 6.45) is 6.57. The fourth-order valence-electron chi connectivity index (χ4n) is 1.86. The minimum atomic E-state index is 0.722. The van der Waals surface area contributed by atoms with Crippen molar-refractivity contribution in [3.8, 4) is 5.75 Å². The third-order valence-electron chi connectivity index (χ3n) is 2.92. The molecule has 0 bridgehead atoms. The molecule has 2 rings (SSSR count). The Labute approximate surface area is 113 Å². The molecule has 19 heavy (non-hydrogen) atoms. The van der Waals surface area contributed by atoms with E-state index < -0.39 is 0 Å². The summed E-state index contributed by atoms with van der Waals surface area (Å²) in [6.45, 7) is 5.30. The van der Waals surface area contributed by atoms with Gasteiger partial charge in [0, 0.05) is 25.5 Å². The third kappa shape index (κ3) is 3.61. The number of imidazole rings is 1. The summed E-state index contributed by atoms with van der Waals surface area (Å²) in [6, 6.07) is 8.15. The Kier molecular flexibility index (Phi) is 4.61. The minimum absolute atomic E-state index is 0.722. The lowest BCUT2D eigenvalue weighted by Gasteiger charge is -2.09. The molecule has 0 radical (unpaired) electrons. The van der Waals surface area contributed by atoms with E-state index >= 15 is 0 Å². The van der Waals surface area contributed by atoms with E-state index in [0.717, 1.165) is 31.2 Å². The van der Waals surface area contributed by atoms with Crippen LogP contribution in [0.1, 0.15) is 5.56 Å². The van der Waals surface area contributed by atoms with E-state index in [4.69, 9.17) is 4.74 Å². The van der Waals surface area contributed by atoms with Gasteiger partial charge in [-0.25, -0.2) is 4.98 Å². The maximum Gasteiger partial charge on any atom is 0.203 e. The first kappa shape index (κ1) is 13.2. The summed E-state index contributed by atoms with van der Waals surface area (Å²) in [5.74, 6) is 1.77. The van der Waals surface area contributed by atoms with Crippen LogP contribution >= 0.6 is 0 Å². The van der Waals surface area contributed by atoms with E-state index in [1.165, 1.54) is 5.56 Å². The SMILES string of the molecule is C=CCNc1nccn1CCc1ccc(OC)cc1. The first-order chi connectivity index (χ1) is 9.33. The number of aryl methyl sites for hydroxylation is 2. The highest BCUT2D eigenvalue weighted by molar-refractivity contribution is 5.29. The van der Waals surface area contributed by atoms with Crippen LogP contribution in [0.2, 0.25) is 0 Å². The molecule has 0 amide bonds. The molecule has 4 nitrogen and oxygen atoms in total. The van der Waals surface area contributed by atoms with Crippen LogP contribution in [-0.2, 0) is 13.0 Å². The smallest absolute Gasteiger partial charge is 0.203 e. The number of nitrogens with zero attached hydrogens (tertiary/aromatic N) is 2. The largest absolute Gasteiger partial charge is 0.497 e. The van der Waals surface area contributed by atoms with Crippen molar-refractivity contribution in [3.63, 3.8) is 0 Å². The van der Waals surface area contributed by atoms with Gasteiger partial charge in [-0.1, -0.05) is 18.2 Å². The van der Waals surface area contributed by atoms with Crippen LogP contribution in [0, 0.1) is 0 Å². The number of methoxy groups -OCH3 is 1. The number of aromatic nitrogens is 2. The van der Waals surface area contributed by atoms with E-state index in [2.05, 4.69) is 33.6 Å². The van der Waals surface area contributed by atoms with Crippen LogP contribution in [0.4, 0.5) is 5.95 Å². The van der Waals surface area contributed by atoms with E-state index in [1.807, 2.05) is 24.4 Å². The van der Waals surface area contributed by atoms with Crippen molar-refractivity contribution in [2.75, 3.05) is 19.0 Å². The molecular weight excluding hydrogens is 238 g/mol. The molecule has 1 aromatic carbocycles. The highest BCUT2D eigenvalue weighted by Gasteiger charge is 2.01. The van der Waals surface area contributed by atoms with Gasteiger partial charge in [-0.15, -0.1) is 6.58 Å². The number of benzene rings is 1. The zero-order valence-electron chi connectivity index (χ0n) is 11.2. The van der Waals surface area contributed by atoms with Gasteiger partial charge in [-0.2, -0.15) is 0 Å². The summed E-state index contributed by atoms with van der Waals surface area (Å²) < 4.78 is 7.25. The second-order valence-corrected chi connectivity index (χ2v) is 4.21. The van der Waals surface area contributed by atoms with Gasteiger partial charge in [-0.3, -0.25) is 0 Å². The number of anilines is 1. The molecule has 2 aromatic rings. The second kappa shape index (κ2) is 6.64. The van der Waals surface area contributed by atoms with Crippen LogP contribution in [0.3, 0.4) is 0 Å². The highest BCUT2D eigenvalue weighted by atomic mass is 16.5. The molecule has 0 spiro atoms. The van der Waals surface area contributed by atoms with Crippen LogP contribution in [0.25, 0.3) is 0 Å². The topological polar surface area (TPSA) is 39.1 Å². The molecule has 0 atom stereocenters. The van der Waals surface area contributed by atoms with Crippen molar-refractivity contribution in [2.45, 2.75) is 13.0 Å². The Balaban J connectivity index is 1.94. The number of ether oxygens (including phenoxy) is 1. The Hall–Kier alpha value is -2.23. The molecular formula is C15H19N3O. The molecule has 0 unspecified atom stereocenters.